The zero-order valence-corrected chi connectivity index (χ0v) is 12.0. The molecule has 0 fully saturated rings. The van der Waals surface area contributed by atoms with Gasteiger partial charge in [0.1, 0.15) is 6.61 Å². The fraction of sp³-hybridized carbons (Fsp3) is 0.214. The first-order valence-corrected chi connectivity index (χ1v) is 6.82. The fourth-order valence-electron chi connectivity index (χ4n) is 1.73. The Bertz CT molecular complexity index is 640. The van der Waals surface area contributed by atoms with Crippen molar-refractivity contribution in [3.05, 3.63) is 51.0 Å². The second kappa shape index (κ2) is 6.02. The molecule has 0 bridgehead atoms. The minimum atomic E-state index is -0.361. The molecule has 4 nitrogen and oxygen atoms in total. The van der Waals surface area contributed by atoms with Crippen LogP contribution in [0.5, 0.6) is 5.75 Å². The van der Waals surface area contributed by atoms with Crippen LogP contribution in [0.2, 0.25) is 0 Å². The van der Waals surface area contributed by atoms with Gasteiger partial charge in [0.25, 0.3) is 5.91 Å². The number of hydrogen-bond acceptors (Lipinski definition) is 4. The zero-order chi connectivity index (χ0) is 14.7. The van der Waals surface area contributed by atoms with Crippen molar-refractivity contribution in [1.29, 1.82) is 0 Å². The smallest absolute Gasteiger partial charge is 0.275 e. The lowest BCUT2D eigenvalue weighted by Crippen LogP contribution is -2.29. The van der Waals surface area contributed by atoms with Crippen molar-refractivity contribution < 1.29 is 13.9 Å². The molecule has 106 valence electrons. The Morgan fingerprint density at radius 3 is 2.90 bits per heavy atom. The van der Waals surface area contributed by atoms with Crippen LogP contribution in [-0.4, -0.2) is 5.91 Å². The summed E-state index contributed by atoms with van der Waals surface area (Å²) in [4.78, 5) is 12.9. The lowest BCUT2D eigenvalue weighted by molar-refractivity contribution is 0.0957. The summed E-state index contributed by atoms with van der Waals surface area (Å²) in [6, 6.07) is 6.71. The van der Waals surface area contributed by atoms with Gasteiger partial charge in [0.2, 0.25) is 0 Å². The number of nitrogen functional groups attached to an aromatic ring is 1. The van der Waals surface area contributed by atoms with Gasteiger partial charge in [0, 0.05) is 10.4 Å². The lowest BCUT2D eigenvalue weighted by Gasteiger charge is -2.08. The molecule has 0 aliphatic heterocycles. The zero-order valence-electron chi connectivity index (χ0n) is 11.2. The molecular formula is C14H15FN2O2S. The summed E-state index contributed by atoms with van der Waals surface area (Å²) < 4.78 is 19.3. The van der Waals surface area contributed by atoms with Crippen LogP contribution >= 0.6 is 11.3 Å². The van der Waals surface area contributed by atoms with Crippen molar-refractivity contribution in [2.24, 2.45) is 5.84 Å². The van der Waals surface area contributed by atoms with E-state index in [0.717, 1.165) is 10.4 Å². The maximum absolute atomic E-state index is 13.8. The lowest BCUT2D eigenvalue weighted by atomic mass is 10.2. The highest BCUT2D eigenvalue weighted by Crippen LogP contribution is 2.25. The van der Waals surface area contributed by atoms with E-state index in [1.807, 2.05) is 6.92 Å². The number of nitrogens with two attached hydrogens (primary N) is 1. The predicted molar refractivity (Wildman–Crippen MR) is 76.2 cm³/mol. The van der Waals surface area contributed by atoms with E-state index in [2.05, 4.69) is 5.43 Å². The summed E-state index contributed by atoms with van der Waals surface area (Å²) in [6.45, 7) is 3.77. The van der Waals surface area contributed by atoms with Crippen molar-refractivity contribution in [1.82, 2.24) is 5.43 Å². The average Bonchev–Trinajstić information content (AvgIpc) is 2.81. The number of rotatable bonds is 4. The van der Waals surface area contributed by atoms with Crippen LogP contribution in [0.15, 0.2) is 24.3 Å². The van der Waals surface area contributed by atoms with Gasteiger partial charge >= 0.3 is 0 Å². The molecule has 0 spiro atoms. The first-order valence-electron chi connectivity index (χ1n) is 6.01. The fourth-order valence-corrected chi connectivity index (χ4v) is 2.67. The standard InChI is InChI=1S/C14H15FN2O2S/c1-8-4-3-5-11(13(8)15)19-7-10-6-12(14(18)17-16)20-9(10)2/h3-6H,7,16H2,1-2H3,(H,17,18). The maximum atomic E-state index is 13.8. The first kappa shape index (κ1) is 14.5. The number of hydrazine groups is 1. The third-order valence-corrected chi connectivity index (χ3v) is 4.01. The molecule has 0 saturated carbocycles. The molecule has 0 radical (unpaired) electrons. The normalized spacial score (nSPS) is 10.4. The molecule has 1 amide bonds. The Hall–Kier alpha value is -1.92. The number of halogens is 1. The highest BCUT2D eigenvalue weighted by molar-refractivity contribution is 7.14. The second-order valence-electron chi connectivity index (χ2n) is 4.34. The molecule has 2 aromatic rings. The second-order valence-corrected chi connectivity index (χ2v) is 5.60. The van der Waals surface area contributed by atoms with Crippen LogP contribution in [-0.2, 0) is 6.61 Å². The third-order valence-electron chi connectivity index (χ3n) is 2.92. The van der Waals surface area contributed by atoms with Crippen LogP contribution in [0.1, 0.15) is 25.7 Å². The van der Waals surface area contributed by atoms with Gasteiger partial charge in [-0.05, 0) is 31.5 Å². The van der Waals surface area contributed by atoms with E-state index in [1.165, 1.54) is 11.3 Å². The van der Waals surface area contributed by atoms with Crippen LogP contribution in [0.4, 0.5) is 4.39 Å². The molecule has 1 aromatic carbocycles. The number of thiophene rings is 1. The predicted octanol–water partition coefficient (Wildman–Crippen LogP) is 2.69. The topological polar surface area (TPSA) is 64.3 Å². The van der Waals surface area contributed by atoms with Gasteiger partial charge in [-0.15, -0.1) is 11.3 Å². The number of nitrogens with one attached hydrogen (secondary N) is 1. The number of aryl methyl sites for hydroxylation is 2. The Kier molecular flexibility index (Phi) is 4.36. The quantitative estimate of drug-likeness (QED) is 0.517. The summed E-state index contributed by atoms with van der Waals surface area (Å²) in [5, 5.41) is 0. The summed E-state index contributed by atoms with van der Waals surface area (Å²) in [7, 11) is 0. The number of carbonyl (C=O) groups is 1. The number of benzene rings is 1. The molecule has 0 atom stereocenters. The van der Waals surface area contributed by atoms with E-state index >= 15 is 0 Å². The minimum absolute atomic E-state index is 0.209. The minimum Gasteiger partial charge on any atom is -0.486 e. The number of hydrogen-bond donors (Lipinski definition) is 2. The first-order chi connectivity index (χ1) is 9.52. The molecular weight excluding hydrogens is 279 g/mol. The highest BCUT2D eigenvalue weighted by atomic mass is 32.1. The van der Waals surface area contributed by atoms with Gasteiger partial charge in [-0.1, -0.05) is 12.1 Å². The Morgan fingerprint density at radius 2 is 2.20 bits per heavy atom. The van der Waals surface area contributed by atoms with E-state index in [0.29, 0.717) is 10.4 Å². The van der Waals surface area contributed by atoms with Crippen LogP contribution < -0.4 is 16.0 Å². The number of amides is 1. The average molecular weight is 294 g/mol. The van der Waals surface area contributed by atoms with Gasteiger partial charge in [-0.25, -0.2) is 10.2 Å². The Labute approximate surface area is 120 Å². The molecule has 1 heterocycles. The summed E-state index contributed by atoms with van der Waals surface area (Å²) in [5.41, 5.74) is 3.46. The van der Waals surface area contributed by atoms with E-state index in [9.17, 15) is 9.18 Å². The summed E-state index contributed by atoms with van der Waals surface area (Å²) in [5.74, 6) is 4.60. The molecule has 0 saturated heterocycles. The van der Waals surface area contributed by atoms with Crippen molar-refractivity contribution in [3.8, 4) is 5.75 Å². The molecule has 0 aliphatic rings. The van der Waals surface area contributed by atoms with Crippen molar-refractivity contribution in [3.63, 3.8) is 0 Å². The SMILES string of the molecule is Cc1cccc(OCc2cc(C(=O)NN)sc2C)c1F. The van der Waals surface area contributed by atoms with E-state index < -0.39 is 0 Å². The highest BCUT2D eigenvalue weighted by Gasteiger charge is 2.13. The van der Waals surface area contributed by atoms with Crippen LogP contribution in [0.3, 0.4) is 0 Å². The van der Waals surface area contributed by atoms with E-state index in [4.69, 9.17) is 10.6 Å². The summed E-state index contributed by atoms with van der Waals surface area (Å²) >= 11 is 1.32. The summed E-state index contributed by atoms with van der Waals surface area (Å²) in [6.07, 6.45) is 0. The van der Waals surface area contributed by atoms with Gasteiger partial charge in [0.05, 0.1) is 4.88 Å². The van der Waals surface area contributed by atoms with E-state index in [-0.39, 0.29) is 24.1 Å². The van der Waals surface area contributed by atoms with Crippen LogP contribution in [0, 0.1) is 19.7 Å². The van der Waals surface area contributed by atoms with Crippen molar-refractivity contribution in [2.75, 3.05) is 0 Å². The Balaban J connectivity index is 2.13. The maximum Gasteiger partial charge on any atom is 0.275 e. The largest absolute Gasteiger partial charge is 0.486 e. The molecule has 0 aliphatic carbocycles. The van der Waals surface area contributed by atoms with Crippen molar-refractivity contribution >= 4 is 17.2 Å². The molecule has 3 N–H and O–H groups in total. The number of ether oxygens (including phenoxy) is 1. The molecule has 6 heteroatoms. The Morgan fingerprint density at radius 1 is 1.45 bits per heavy atom. The van der Waals surface area contributed by atoms with Crippen LogP contribution in [0.25, 0.3) is 0 Å². The van der Waals surface area contributed by atoms with E-state index in [1.54, 1.807) is 31.2 Å². The van der Waals surface area contributed by atoms with Gasteiger partial charge in [0.15, 0.2) is 11.6 Å². The molecule has 1 aromatic heterocycles. The molecule has 0 unspecified atom stereocenters. The molecule has 20 heavy (non-hydrogen) atoms. The van der Waals surface area contributed by atoms with Gasteiger partial charge in [-0.2, -0.15) is 0 Å². The number of carbonyl (C=O) groups excluding carboxylic acids is 1. The third kappa shape index (κ3) is 2.97. The van der Waals surface area contributed by atoms with Gasteiger partial charge in [-0.3, -0.25) is 10.2 Å². The van der Waals surface area contributed by atoms with Crippen molar-refractivity contribution in [2.45, 2.75) is 20.5 Å². The van der Waals surface area contributed by atoms with Gasteiger partial charge < -0.3 is 4.74 Å². The monoisotopic (exact) mass is 294 g/mol. The molecule has 2 rings (SSSR count).